The summed E-state index contributed by atoms with van der Waals surface area (Å²) < 4.78 is 28.5. The highest BCUT2D eigenvalue weighted by molar-refractivity contribution is 7.89. The molecule has 2 aliphatic heterocycles. The number of fused-ring (bicyclic) bond motifs is 3. The first-order valence-electron chi connectivity index (χ1n) is 12.9. The van der Waals surface area contributed by atoms with Crippen LogP contribution in [-0.2, 0) is 10.0 Å². The third-order valence-electron chi connectivity index (χ3n) is 7.92. The Balaban J connectivity index is 1.44. The van der Waals surface area contributed by atoms with Crippen molar-refractivity contribution in [3.05, 3.63) is 65.7 Å². The van der Waals surface area contributed by atoms with Crippen molar-refractivity contribution in [1.29, 1.82) is 0 Å². The minimum atomic E-state index is -3.45. The molecule has 182 valence electrons. The van der Waals surface area contributed by atoms with Crippen LogP contribution >= 0.6 is 0 Å². The number of hydrogen-bond donors (Lipinski definition) is 1. The lowest BCUT2D eigenvalue weighted by Gasteiger charge is -2.38. The maximum absolute atomic E-state index is 13.4. The van der Waals surface area contributed by atoms with Crippen molar-refractivity contribution in [2.45, 2.75) is 62.8 Å². The number of nitrogens with one attached hydrogen (secondary N) is 1. The van der Waals surface area contributed by atoms with Gasteiger partial charge in [0.25, 0.3) is 0 Å². The zero-order valence-corrected chi connectivity index (χ0v) is 21.2. The van der Waals surface area contributed by atoms with E-state index in [-0.39, 0.29) is 12.0 Å². The monoisotopic (exact) mass is 479 g/mol. The summed E-state index contributed by atoms with van der Waals surface area (Å²) in [5.41, 5.74) is 4.72. The zero-order chi connectivity index (χ0) is 23.7. The van der Waals surface area contributed by atoms with Crippen molar-refractivity contribution in [3.63, 3.8) is 0 Å². The van der Waals surface area contributed by atoms with Gasteiger partial charge in [-0.15, -0.1) is 0 Å². The van der Waals surface area contributed by atoms with Crippen LogP contribution in [0.3, 0.4) is 0 Å². The highest BCUT2D eigenvalue weighted by Gasteiger charge is 2.39. The Morgan fingerprint density at radius 3 is 2.35 bits per heavy atom. The van der Waals surface area contributed by atoms with E-state index >= 15 is 0 Å². The minimum absolute atomic E-state index is 0.214. The second-order valence-corrected chi connectivity index (χ2v) is 11.7. The van der Waals surface area contributed by atoms with E-state index < -0.39 is 10.0 Å². The molecule has 2 aromatic rings. The molecule has 6 heteroatoms. The Morgan fingerprint density at radius 2 is 1.68 bits per heavy atom. The Kier molecular flexibility index (Phi) is 6.72. The van der Waals surface area contributed by atoms with Crippen molar-refractivity contribution in [1.82, 2.24) is 4.31 Å². The maximum atomic E-state index is 13.4. The SMILES string of the molecule is CCN(CC)c1ccc(C2Nc3ccc(S(=O)(=O)N4CCCCCC4)cc3C3C=CCC32)cc1. The lowest BCUT2D eigenvalue weighted by atomic mass is 9.77. The van der Waals surface area contributed by atoms with E-state index in [0.29, 0.717) is 23.9 Å². The molecule has 5 nitrogen and oxygen atoms in total. The largest absolute Gasteiger partial charge is 0.378 e. The highest BCUT2D eigenvalue weighted by atomic mass is 32.2. The fourth-order valence-electron chi connectivity index (χ4n) is 5.98. The van der Waals surface area contributed by atoms with Gasteiger partial charge < -0.3 is 10.2 Å². The summed E-state index contributed by atoms with van der Waals surface area (Å²) in [5, 5.41) is 3.77. The van der Waals surface area contributed by atoms with Crippen LogP contribution in [0.5, 0.6) is 0 Å². The van der Waals surface area contributed by atoms with Gasteiger partial charge in [-0.05, 0) is 80.5 Å². The van der Waals surface area contributed by atoms with E-state index in [1.165, 1.54) is 11.3 Å². The Labute approximate surface area is 204 Å². The maximum Gasteiger partial charge on any atom is 0.243 e. The Morgan fingerprint density at radius 1 is 0.971 bits per heavy atom. The number of hydrogen-bond acceptors (Lipinski definition) is 4. The van der Waals surface area contributed by atoms with E-state index in [0.717, 1.165) is 56.4 Å². The van der Waals surface area contributed by atoms with Gasteiger partial charge in [0, 0.05) is 43.5 Å². The summed E-state index contributed by atoms with van der Waals surface area (Å²) in [6.45, 7) is 7.65. The van der Waals surface area contributed by atoms with Crippen LogP contribution in [0.25, 0.3) is 0 Å². The van der Waals surface area contributed by atoms with Crippen LogP contribution < -0.4 is 10.2 Å². The van der Waals surface area contributed by atoms with Crippen LogP contribution in [0.2, 0.25) is 0 Å². The Bertz CT molecular complexity index is 1130. The van der Waals surface area contributed by atoms with E-state index in [1.54, 1.807) is 10.4 Å². The molecule has 1 N–H and O–H groups in total. The molecule has 2 aromatic carbocycles. The van der Waals surface area contributed by atoms with Crippen molar-refractivity contribution < 1.29 is 8.42 Å². The first-order chi connectivity index (χ1) is 16.5. The third-order valence-corrected chi connectivity index (χ3v) is 9.81. The smallest absolute Gasteiger partial charge is 0.243 e. The van der Waals surface area contributed by atoms with Crippen LogP contribution in [0.4, 0.5) is 11.4 Å². The van der Waals surface area contributed by atoms with E-state index in [2.05, 4.69) is 60.5 Å². The van der Waals surface area contributed by atoms with E-state index in [9.17, 15) is 8.42 Å². The third kappa shape index (κ3) is 4.27. The Hall–Kier alpha value is -2.31. The summed E-state index contributed by atoms with van der Waals surface area (Å²) >= 11 is 0. The van der Waals surface area contributed by atoms with Gasteiger partial charge in [-0.3, -0.25) is 0 Å². The van der Waals surface area contributed by atoms with Crippen LogP contribution in [0.1, 0.15) is 69.0 Å². The summed E-state index contributed by atoms with van der Waals surface area (Å²) in [6, 6.07) is 14.9. The first-order valence-corrected chi connectivity index (χ1v) is 14.4. The fraction of sp³-hybridized carbons (Fsp3) is 0.500. The van der Waals surface area contributed by atoms with E-state index in [1.807, 2.05) is 12.1 Å². The molecule has 1 saturated heterocycles. The minimum Gasteiger partial charge on any atom is -0.378 e. The second-order valence-electron chi connectivity index (χ2n) is 9.81. The molecule has 3 atom stereocenters. The average Bonchev–Trinajstić information content (AvgIpc) is 3.19. The molecule has 0 bridgehead atoms. The molecule has 0 radical (unpaired) electrons. The molecule has 2 heterocycles. The van der Waals surface area contributed by atoms with Crippen LogP contribution in [0, 0.1) is 5.92 Å². The standard InChI is InChI=1S/C28H37N3O2S/c1-3-30(4-2)22-14-12-21(13-15-22)28-25-11-9-10-24(25)26-20-23(16-17-27(26)29-28)34(32,33)31-18-7-5-6-8-19-31/h9-10,12-17,20,24-25,28-29H,3-8,11,18-19H2,1-2H3. The van der Waals surface area contributed by atoms with Gasteiger partial charge in [-0.1, -0.05) is 37.1 Å². The van der Waals surface area contributed by atoms with Gasteiger partial charge >= 0.3 is 0 Å². The molecular weight excluding hydrogens is 442 g/mol. The quantitative estimate of drug-likeness (QED) is 0.522. The highest BCUT2D eigenvalue weighted by Crippen LogP contribution is 2.50. The molecule has 3 unspecified atom stereocenters. The molecule has 34 heavy (non-hydrogen) atoms. The van der Waals surface area contributed by atoms with Crippen molar-refractivity contribution in [3.8, 4) is 0 Å². The number of anilines is 2. The summed E-state index contributed by atoms with van der Waals surface area (Å²) in [6.07, 6.45) is 9.69. The number of benzene rings is 2. The van der Waals surface area contributed by atoms with Crippen molar-refractivity contribution >= 4 is 21.4 Å². The van der Waals surface area contributed by atoms with Gasteiger partial charge in [-0.25, -0.2) is 8.42 Å². The molecule has 1 fully saturated rings. The van der Waals surface area contributed by atoms with Crippen molar-refractivity contribution in [2.75, 3.05) is 36.4 Å². The van der Waals surface area contributed by atoms with Gasteiger partial charge in [0.05, 0.1) is 10.9 Å². The van der Waals surface area contributed by atoms with Crippen molar-refractivity contribution in [2.24, 2.45) is 5.92 Å². The molecule has 0 aromatic heterocycles. The average molecular weight is 480 g/mol. The number of rotatable bonds is 6. The normalized spacial score (nSPS) is 24.7. The number of allylic oxidation sites excluding steroid dienone is 2. The molecule has 0 amide bonds. The van der Waals surface area contributed by atoms with Crippen LogP contribution in [-0.4, -0.2) is 38.9 Å². The molecule has 5 rings (SSSR count). The fourth-order valence-corrected chi connectivity index (χ4v) is 7.53. The first kappa shape index (κ1) is 23.4. The molecule has 0 spiro atoms. The van der Waals surface area contributed by atoms with Crippen LogP contribution in [0.15, 0.2) is 59.5 Å². The van der Waals surface area contributed by atoms with Gasteiger partial charge in [0.2, 0.25) is 10.0 Å². The predicted octanol–water partition coefficient (Wildman–Crippen LogP) is 5.92. The lowest BCUT2D eigenvalue weighted by Crippen LogP contribution is -2.33. The molecule has 3 aliphatic rings. The molecule has 0 saturated carbocycles. The summed E-state index contributed by atoms with van der Waals surface area (Å²) in [4.78, 5) is 2.80. The topological polar surface area (TPSA) is 52.7 Å². The molecular formula is C28H37N3O2S. The second kappa shape index (κ2) is 9.74. The van der Waals surface area contributed by atoms with Gasteiger partial charge in [0.15, 0.2) is 0 Å². The van der Waals surface area contributed by atoms with Gasteiger partial charge in [0.1, 0.15) is 0 Å². The van der Waals surface area contributed by atoms with Gasteiger partial charge in [-0.2, -0.15) is 4.31 Å². The number of sulfonamides is 1. The zero-order valence-electron chi connectivity index (χ0n) is 20.4. The predicted molar refractivity (Wildman–Crippen MR) is 140 cm³/mol. The lowest BCUT2D eigenvalue weighted by molar-refractivity contribution is 0.419. The number of nitrogens with zero attached hydrogens (tertiary/aromatic N) is 2. The van der Waals surface area contributed by atoms with E-state index in [4.69, 9.17) is 0 Å². The summed E-state index contributed by atoms with van der Waals surface area (Å²) in [5.74, 6) is 0.630. The molecule has 1 aliphatic carbocycles. The summed E-state index contributed by atoms with van der Waals surface area (Å²) in [7, 11) is -3.45.